The van der Waals surface area contributed by atoms with Gasteiger partial charge in [0, 0.05) is 30.4 Å². The summed E-state index contributed by atoms with van der Waals surface area (Å²) < 4.78 is 0. The quantitative estimate of drug-likeness (QED) is 0.734. The number of aromatic nitrogens is 2. The molecule has 6 nitrogen and oxygen atoms in total. The Kier molecular flexibility index (Phi) is 5.39. The van der Waals surface area contributed by atoms with E-state index in [0.29, 0.717) is 24.7 Å². The summed E-state index contributed by atoms with van der Waals surface area (Å²) in [6.07, 6.45) is 0. The lowest BCUT2D eigenvalue weighted by Crippen LogP contribution is -2.30. The normalized spacial score (nSPS) is 10.5. The lowest BCUT2D eigenvalue weighted by molar-refractivity contribution is 0.0953. The van der Waals surface area contributed by atoms with Gasteiger partial charge < -0.3 is 10.6 Å². The Morgan fingerprint density at radius 1 is 1.04 bits per heavy atom. The molecular weight excluding hydrogens is 304 g/mol. The first-order chi connectivity index (χ1) is 11.3. The first-order valence-electron chi connectivity index (χ1n) is 7.97. The van der Waals surface area contributed by atoms with Crippen molar-refractivity contribution < 1.29 is 4.79 Å². The number of H-pyrrole nitrogens is 1. The van der Waals surface area contributed by atoms with Crippen molar-refractivity contribution in [3.63, 3.8) is 0 Å². The van der Waals surface area contributed by atoms with Crippen molar-refractivity contribution in [2.45, 2.75) is 34.6 Å². The fourth-order valence-electron chi connectivity index (χ4n) is 2.67. The van der Waals surface area contributed by atoms with Gasteiger partial charge in [-0.2, -0.15) is 0 Å². The molecule has 24 heavy (non-hydrogen) atoms. The van der Waals surface area contributed by atoms with E-state index in [2.05, 4.69) is 26.7 Å². The van der Waals surface area contributed by atoms with Gasteiger partial charge in [0.25, 0.3) is 11.5 Å². The van der Waals surface area contributed by atoms with Crippen LogP contribution < -0.4 is 16.2 Å². The molecule has 0 atom stereocenters. The van der Waals surface area contributed by atoms with Gasteiger partial charge in [-0.05, 0) is 56.9 Å². The van der Waals surface area contributed by atoms with Gasteiger partial charge in [0.15, 0.2) is 0 Å². The standard InChI is InChI=1S/C18H24N4O2/c1-10-8-11(2)14(5)16(13(10)4)17(24)19-6-7-20-18-21-12(3)9-15(23)22-18/h8-9H,6-7H2,1-5H3,(H,19,24)(H2,20,21,22,23). The molecule has 0 bridgehead atoms. The molecule has 0 spiro atoms. The van der Waals surface area contributed by atoms with Crippen molar-refractivity contribution in [3.8, 4) is 0 Å². The number of aromatic amines is 1. The van der Waals surface area contributed by atoms with Crippen molar-refractivity contribution in [1.82, 2.24) is 15.3 Å². The van der Waals surface area contributed by atoms with E-state index in [-0.39, 0.29) is 11.5 Å². The summed E-state index contributed by atoms with van der Waals surface area (Å²) in [5, 5.41) is 5.92. The SMILES string of the molecule is Cc1cc(=O)[nH]c(NCCNC(=O)c2c(C)c(C)cc(C)c2C)n1. The summed E-state index contributed by atoms with van der Waals surface area (Å²) in [4.78, 5) is 30.7. The van der Waals surface area contributed by atoms with Crippen molar-refractivity contribution >= 4 is 11.9 Å². The van der Waals surface area contributed by atoms with E-state index in [0.717, 1.165) is 27.8 Å². The average molecular weight is 328 g/mol. The highest BCUT2D eigenvalue weighted by molar-refractivity contribution is 5.97. The fourth-order valence-corrected chi connectivity index (χ4v) is 2.67. The number of anilines is 1. The zero-order chi connectivity index (χ0) is 17.9. The Labute approximate surface area is 141 Å². The highest BCUT2D eigenvalue weighted by Gasteiger charge is 2.15. The van der Waals surface area contributed by atoms with Crippen LogP contribution in [0.5, 0.6) is 0 Å². The van der Waals surface area contributed by atoms with Gasteiger partial charge in [-0.15, -0.1) is 0 Å². The van der Waals surface area contributed by atoms with Crippen molar-refractivity contribution in [1.29, 1.82) is 0 Å². The second kappa shape index (κ2) is 7.29. The maximum Gasteiger partial charge on any atom is 0.252 e. The van der Waals surface area contributed by atoms with Crippen molar-refractivity contribution in [2.24, 2.45) is 0 Å². The molecule has 3 N–H and O–H groups in total. The van der Waals surface area contributed by atoms with Gasteiger partial charge in [0.1, 0.15) is 0 Å². The number of rotatable bonds is 5. The molecule has 0 radical (unpaired) electrons. The Morgan fingerprint density at radius 2 is 1.67 bits per heavy atom. The Bertz CT molecular complexity index is 798. The lowest BCUT2D eigenvalue weighted by Gasteiger charge is -2.15. The van der Waals surface area contributed by atoms with Crippen molar-refractivity contribution in [2.75, 3.05) is 18.4 Å². The molecule has 2 rings (SSSR count). The number of carbonyl (C=O) groups is 1. The van der Waals surface area contributed by atoms with Gasteiger partial charge in [-0.3, -0.25) is 14.6 Å². The van der Waals surface area contributed by atoms with Gasteiger partial charge in [0.2, 0.25) is 5.95 Å². The third-order valence-electron chi connectivity index (χ3n) is 4.17. The number of amides is 1. The molecule has 0 aliphatic heterocycles. The molecule has 0 saturated carbocycles. The fraction of sp³-hybridized carbons (Fsp3) is 0.389. The van der Waals surface area contributed by atoms with Crippen LogP contribution in [0.15, 0.2) is 16.9 Å². The highest BCUT2D eigenvalue weighted by Crippen LogP contribution is 2.21. The van der Waals surface area contributed by atoms with Crippen LogP contribution in [-0.2, 0) is 0 Å². The Morgan fingerprint density at radius 3 is 2.25 bits per heavy atom. The molecule has 6 heteroatoms. The summed E-state index contributed by atoms with van der Waals surface area (Å²) in [6, 6.07) is 3.53. The summed E-state index contributed by atoms with van der Waals surface area (Å²) >= 11 is 0. The zero-order valence-electron chi connectivity index (χ0n) is 14.8. The molecule has 1 amide bonds. The molecule has 1 heterocycles. The Hall–Kier alpha value is -2.63. The monoisotopic (exact) mass is 328 g/mol. The molecule has 0 saturated heterocycles. The maximum absolute atomic E-state index is 12.5. The number of benzene rings is 1. The van der Waals surface area contributed by atoms with Crippen LogP contribution in [0.25, 0.3) is 0 Å². The van der Waals surface area contributed by atoms with Gasteiger partial charge in [0.05, 0.1) is 0 Å². The van der Waals surface area contributed by atoms with Crippen LogP contribution in [0.4, 0.5) is 5.95 Å². The van der Waals surface area contributed by atoms with Gasteiger partial charge >= 0.3 is 0 Å². The van der Waals surface area contributed by atoms with E-state index < -0.39 is 0 Å². The molecule has 0 aliphatic rings. The highest BCUT2D eigenvalue weighted by atomic mass is 16.1. The predicted octanol–water partition coefficient (Wildman–Crippen LogP) is 2.15. The van der Waals surface area contributed by atoms with Gasteiger partial charge in [-0.25, -0.2) is 4.98 Å². The van der Waals surface area contributed by atoms with Crippen LogP contribution in [0.2, 0.25) is 0 Å². The topological polar surface area (TPSA) is 86.9 Å². The van der Waals surface area contributed by atoms with Gasteiger partial charge in [-0.1, -0.05) is 6.07 Å². The zero-order valence-corrected chi connectivity index (χ0v) is 14.8. The number of nitrogens with one attached hydrogen (secondary N) is 3. The molecule has 0 unspecified atom stereocenters. The van der Waals surface area contributed by atoms with E-state index in [9.17, 15) is 9.59 Å². The van der Waals surface area contributed by atoms with E-state index in [4.69, 9.17) is 0 Å². The Balaban J connectivity index is 1.98. The largest absolute Gasteiger partial charge is 0.354 e. The van der Waals surface area contributed by atoms with Crippen LogP contribution in [-0.4, -0.2) is 29.0 Å². The number of hydrogen-bond donors (Lipinski definition) is 3. The summed E-state index contributed by atoms with van der Waals surface area (Å²) in [5.74, 6) is 0.331. The third kappa shape index (κ3) is 4.01. The molecule has 0 aliphatic carbocycles. The molecule has 1 aromatic carbocycles. The van der Waals surface area contributed by atoms with Crippen LogP contribution >= 0.6 is 0 Å². The maximum atomic E-state index is 12.5. The first-order valence-corrected chi connectivity index (χ1v) is 7.97. The van der Waals surface area contributed by atoms with E-state index >= 15 is 0 Å². The minimum absolute atomic E-state index is 0.0794. The van der Waals surface area contributed by atoms with Crippen molar-refractivity contribution in [3.05, 3.63) is 56.0 Å². The molecule has 1 aromatic heterocycles. The number of nitrogens with zero attached hydrogens (tertiary/aromatic N) is 1. The lowest BCUT2D eigenvalue weighted by atomic mass is 9.94. The minimum atomic E-state index is -0.199. The number of hydrogen-bond acceptors (Lipinski definition) is 4. The molecule has 128 valence electrons. The first kappa shape index (κ1) is 17.7. The molecule has 0 fully saturated rings. The van der Waals surface area contributed by atoms with Crippen LogP contribution in [0, 0.1) is 34.6 Å². The summed E-state index contributed by atoms with van der Waals surface area (Å²) in [5.41, 5.74) is 5.43. The number of carbonyl (C=O) groups excluding carboxylic acids is 1. The summed E-state index contributed by atoms with van der Waals surface area (Å²) in [6.45, 7) is 10.6. The predicted molar refractivity (Wildman–Crippen MR) is 95.8 cm³/mol. The molecular formula is C18H24N4O2. The second-order valence-electron chi connectivity index (χ2n) is 6.05. The number of aryl methyl sites for hydroxylation is 3. The average Bonchev–Trinajstić information content (AvgIpc) is 2.49. The summed E-state index contributed by atoms with van der Waals surface area (Å²) in [7, 11) is 0. The molecule has 2 aromatic rings. The van der Waals surface area contributed by atoms with E-state index in [1.165, 1.54) is 6.07 Å². The van der Waals surface area contributed by atoms with Crippen LogP contribution in [0.3, 0.4) is 0 Å². The van der Waals surface area contributed by atoms with E-state index in [1.807, 2.05) is 27.7 Å². The minimum Gasteiger partial charge on any atom is -0.354 e. The van der Waals surface area contributed by atoms with Crippen LogP contribution in [0.1, 0.15) is 38.3 Å². The smallest absolute Gasteiger partial charge is 0.252 e. The second-order valence-corrected chi connectivity index (χ2v) is 6.05. The third-order valence-corrected chi connectivity index (χ3v) is 4.17. The van der Waals surface area contributed by atoms with E-state index in [1.54, 1.807) is 6.92 Å².